The molecule has 6 heteroatoms. The highest BCUT2D eigenvalue weighted by molar-refractivity contribution is 7.89. The standard InChI is InChI=1S/C10H22N2O3S/c1-9(15-2)8-16(13,14)12-5-3-4-10(6-11)7-12/h9-10H,3-8,11H2,1-2H3. The maximum Gasteiger partial charge on any atom is 0.216 e. The van der Waals surface area contributed by atoms with Crippen molar-refractivity contribution < 1.29 is 13.2 Å². The summed E-state index contributed by atoms with van der Waals surface area (Å²) in [5.74, 6) is 0.363. The smallest absolute Gasteiger partial charge is 0.216 e. The van der Waals surface area contributed by atoms with Crippen LogP contribution in [-0.4, -0.2) is 51.3 Å². The van der Waals surface area contributed by atoms with Crippen LogP contribution in [0.4, 0.5) is 0 Å². The van der Waals surface area contributed by atoms with E-state index in [0.29, 0.717) is 25.6 Å². The number of nitrogens with two attached hydrogens (primary N) is 1. The number of ether oxygens (including phenoxy) is 1. The molecule has 2 N–H and O–H groups in total. The van der Waals surface area contributed by atoms with Crippen molar-refractivity contribution in [2.75, 3.05) is 32.5 Å². The lowest BCUT2D eigenvalue weighted by atomic mass is 10.0. The molecule has 2 atom stereocenters. The Bertz CT molecular complexity index is 305. The molecule has 16 heavy (non-hydrogen) atoms. The van der Waals surface area contributed by atoms with Crippen molar-refractivity contribution in [3.63, 3.8) is 0 Å². The van der Waals surface area contributed by atoms with Gasteiger partial charge in [0.05, 0.1) is 11.9 Å². The first kappa shape index (κ1) is 13.9. The normalized spacial score (nSPS) is 25.6. The average molecular weight is 250 g/mol. The monoisotopic (exact) mass is 250 g/mol. The molecule has 96 valence electrons. The van der Waals surface area contributed by atoms with E-state index in [2.05, 4.69) is 0 Å². The highest BCUT2D eigenvalue weighted by Crippen LogP contribution is 2.19. The molecule has 0 aliphatic carbocycles. The molecule has 1 aliphatic rings. The Hall–Kier alpha value is -0.170. The number of rotatable bonds is 5. The molecule has 0 aromatic rings. The van der Waals surface area contributed by atoms with Gasteiger partial charge in [-0.25, -0.2) is 12.7 Å². The van der Waals surface area contributed by atoms with Crippen molar-refractivity contribution in [3.8, 4) is 0 Å². The number of piperidine rings is 1. The Morgan fingerprint density at radius 1 is 1.56 bits per heavy atom. The van der Waals surface area contributed by atoms with E-state index in [1.165, 1.54) is 7.11 Å². The van der Waals surface area contributed by atoms with Crippen LogP contribution in [0.1, 0.15) is 19.8 Å². The van der Waals surface area contributed by atoms with E-state index in [1.54, 1.807) is 11.2 Å². The fourth-order valence-electron chi connectivity index (χ4n) is 1.94. The van der Waals surface area contributed by atoms with Gasteiger partial charge < -0.3 is 10.5 Å². The first-order chi connectivity index (χ1) is 7.49. The Morgan fingerprint density at radius 3 is 2.81 bits per heavy atom. The fourth-order valence-corrected chi connectivity index (χ4v) is 3.73. The molecule has 0 spiro atoms. The van der Waals surface area contributed by atoms with Crippen molar-refractivity contribution in [3.05, 3.63) is 0 Å². The van der Waals surface area contributed by atoms with Crippen LogP contribution >= 0.6 is 0 Å². The number of nitrogens with zero attached hydrogens (tertiary/aromatic N) is 1. The summed E-state index contributed by atoms with van der Waals surface area (Å²) in [6.45, 7) is 3.51. The van der Waals surface area contributed by atoms with Crippen LogP contribution in [0, 0.1) is 5.92 Å². The summed E-state index contributed by atoms with van der Waals surface area (Å²) >= 11 is 0. The predicted molar refractivity (Wildman–Crippen MR) is 63.6 cm³/mol. The Morgan fingerprint density at radius 2 is 2.25 bits per heavy atom. The minimum atomic E-state index is -3.18. The minimum Gasteiger partial charge on any atom is -0.381 e. The van der Waals surface area contributed by atoms with Crippen LogP contribution < -0.4 is 5.73 Å². The number of hydrogen-bond acceptors (Lipinski definition) is 4. The molecule has 0 radical (unpaired) electrons. The molecule has 1 heterocycles. The van der Waals surface area contributed by atoms with Gasteiger partial charge in [0, 0.05) is 20.2 Å². The van der Waals surface area contributed by atoms with Gasteiger partial charge in [0.2, 0.25) is 10.0 Å². The molecule has 1 fully saturated rings. The summed E-state index contributed by atoms with van der Waals surface area (Å²) in [5.41, 5.74) is 5.59. The van der Waals surface area contributed by atoms with Gasteiger partial charge >= 0.3 is 0 Å². The molecule has 0 aromatic carbocycles. The van der Waals surface area contributed by atoms with Crippen LogP contribution in [0.3, 0.4) is 0 Å². The van der Waals surface area contributed by atoms with Crippen molar-refractivity contribution in [2.24, 2.45) is 11.7 Å². The number of methoxy groups -OCH3 is 1. The summed E-state index contributed by atoms with van der Waals surface area (Å²) in [4.78, 5) is 0. The van der Waals surface area contributed by atoms with Gasteiger partial charge in [0.25, 0.3) is 0 Å². The Balaban J connectivity index is 2.61. The zero-order valence-corrected chi connectivity index (χ0v) is 10.9. The molecule has 1 rings (SSSR count). The van der Waals surface area contributed by atoms with E-state index in [4.69, 9.17) is 10.5 Å². The average Bonchev–Trinajstić information content (AvgIpc) is 2.28. The minimum absolute atomic E-state index is 0.0563. The predicted octanol–water partition coefficient (Wildman–Crippen LogP) is 0.0218. The zero-order valence-electron chi connectivity index (χ0n) is 10.1. The van der Waals surface area contributed by atoms with Crippen LogP contribution in [-0.2, 0) is 14.8 Å². The van der Waals surface area contributed by atoms with Gasteiger partial charge in [-0.1, -0.05) is 0 Å². The zero-order chi connectivity index (χ0) is 12.2. The second kappa shape index (κ2) is 5.95. The molecule has 2 unspecified atom stereocenters. The van der Waals surface area contributed by atoms with E-state index in [1.807, 2.05) is 0 Å². The summed E-state index contributed by atoms with van der Waals surface area (Å²) in [6.07, 6.45) is 1.67. The lowest BCUT2D eigenvalue weighted by molar-refractivity contribution is 0.134. The summed E-state index contributed by atoms with van der Waals surface area (Å²) in [7, 11) is -1.66. The van der Waals surface area contributed by atoms with E-state index >= 15 is 0 Å². The van der Waals surface area contributed by atoms with Gasteiger partial charge in [0.15, 0.2) is 0 Å². The van der Waals surface area contributed by atoms with Gasteiger partial charge in [-0.2, -0.15) is 0 Å². The highest BCUT2D eigenvalue weighted by Gasteiger charge is 2.29. The first-order valence-corrected chi connectivity index (χ1v) is 7.31. The van der Waals surface area contributed by atoms with E-state index in [9.17, 15) is 8.42 Å². The lowest BCUT2D eigenvalue weighted by Crippen LogP contribution is -2.44. The maximum absolute atomic E-state index is 12.0. The van der Waals surface area contributed by atoms with Crippen molar-refractivity contribution in [2.45, 2.75) is 25.9 Å². The Labute approximate surface area is 98.0 Å². The first-order valence-electron chi connectivity index (χ1n) is 5.70. The summed E-state index contributed by atoms with van der Waals surface area (Å²) in [5, 5.41) is 0. The Kier molecular flexibility index (Phi) is 5.17. The maximum atomic E-state index is 12.0. The fraction of sp³-hybridized carbons (Fsp3) is 1.00. The van der Waals surface area contributed by atoms with Crippen molar-refractivity contribution >= 4 is 10.0 Å². The van der Waals surface area contributed by atoms with Crippen LogP contribution in [0.15, 0.2) is 0 Å². The summed E-state index contributed by atoms with van der Waals surface area (Å²) < 4.78 is 30.6. The third-order valence-corrected chi connectivity index (χ3v) is 5.07. The van der Waals surface area contributed by atoms with E-state index in [-0.39, 0.29) is 11.9 Å². The molecule has 0 saturated carbocycles. The lowest BCUT2D eigenvalue weighted by Gasteiger charge is -2.31. The molecule has 0 bridgehead atoms. The van der Waals surface area contributed by atoms with E-state index in [0.717, 1.165) is 12.8 Å². The second-order valence-electron chi connectivity index (χ2n) is 4.43. The van der Waals surface area contributed by atoms with E-state index < -0.39 is 10.0 Å². The second-order valence-corrected chi connectivity index (χ2v) is 6.44. The highest BCUT2D eigenvalue weighted by atomic mass is 32.2. The molecule has 1 aliphatic heterocycles. The topological polar surface area (TPSA) is 72.6 Å². The molecule has 5 nitrogen and oxygen atoms in total. The van der Waals surface area contributed by atoms with Crippen LogP contribution in [0.2, 0.25) is 0 Å². The van der Waals surface area contributed by atoms with Gasteiger partial charge in [-0.15, -0.1) is 0 Å². The largest absolute Gasteiger partial charge is 0.381 e. The molecular formula is C10H22N2O3S. The quantitative estimate of drug-likeness (QED) is 0.746. The van der Waals surface area contributed by atoms with Crippen LogP contribution in [0.5, 0.6) is 0 Å². The third kappa shape index (κ3) is 3.69. The van der Waals surface area contributed by atoms with Gasteiger partial charge in [-0.05, 0) is 32.2 Å². The van der Waals surface area contributed by atoms with Gasteiger partial charge in [-0.3, -0.25) is 0 Å². The summed E-state index contributed by atoms with van der Waals surface area (Å²) in [6, 6.07) is 0. The number of sulfonamides is 1. The van der Waals surface area contributed by atoms with Gasteiger partial charge in [0.1, 0.15) is 0 Å². The molecule has 0 amide bonds. The molecule has 0 aromatic heterocycles. The molecule has 1 saturated heterocycles. The number of hydrogen-bond donors (Lipinski definition) is 1. The SMILES string of the molecule is COC(C)CS(=O)(=O)N1CCCC(CN)C1. The third-order valence-electron chi connectivity index (χ3n) is 3.06. The molecular weight excluding hydrogens is 228 g/mol. The van der Waals surface area contributed by atoms with Crippen LogP contribution in [0.25, 0.3) is 0 Å². The van der Waals surface area contributed by atoms with Crippen molar-refractivity contribution in [1.82, 2.24) is 4.31 Å². The van der Waals surface area contributed by atoms with Crippen molar-refractivity contribution in [1.29, 1.82) is 0 Å².